The van der Waals surface area contributed by atoms with E-state index in [1.54, 1.807) is 24.3 Å². The molecule has 0 unspecified atom stereocenters. The molecule has 0 bridgehead atoms. The fourth-order valence-electron chi connectivity index (χ4n) is 1.62. The largest absolute Gasteiger partial charge is 0.219 e. The van der Waals surface area contributed by atoms with Crippen molar-refractivity contribution < 1.29 is 12.8 Å². The summed E-state index contributed by atoms with van der Waals surface area (Å²) in [7, 11) is -3.60. The van der Waals surface area contributed by atoms with Gasteiger partial charge in [-0.05, 0) is 35.9 Å². The number of hydrogen-bond acceptors (Lipinski definition) is 2. The number of sulfone groups is 1. The number of hydrogen-bond donors (Lipinski definition) is 0. The lowest BCUT2D eigenvalue weighted by atomic mass is 10.2. The summed E-state index contributed by atoms with van der Waals surface area (Å²) in [6.07, 6.45) is 0. The number of rotatable bonds is 3. The SMILES string of the molecule is O=S(=O)(c1ccc(F)cc1)c1ccccc1CBr. The molecule has 0 spiro atoms. The van der Waals surface area contributed by atoms with Crippen molar-refractivity contribution in [3.63, 3.8) is 0 Å². The van der Waals surface area contributed by atoms with Crippen molar-refractivity contribution in [1.82, 2.24) is 0 Å². The minimum absolute atomic E-state index is 0.0947. The summed E-state index contributed by atoms with van der Waals surface area (Å²) in [5.41, 5.74) is 0.682. The summed E-state index contributed by atoms with van der Waals surface area (Å²) < 4.78 is 37.6. The second-order valence-corrected chi connectivity index (χ2v) is 6.18. The Morgan fingerprint density at radius 2 is 1.61 bits per heavy atom. The van der Waals surface area contributed by atoms with Crippen LogP contribution in [-0.4, -0.2) is 8.42 Å². The van der Waals surface area contributed by atoms with Crippen molar-refractivity contribution in [2.75, 3.05) is 0 Å². The van der Waals surface area contributed by atoms with Crippen molar-refractivity contribution in [2.45, 2.75) is 15.1 Å². The van der Waals surface area contributed by atoms with Gasteiger partial charge in [0.05, 0.1) is 9.79 Å². The summed E-state index contributed by atoms with van der Waals surface area (Å²) in [6, 6.07) is 11.6. The second kappa shape index (κ2) is 5.20. The third-order valence-electron chi connectivity index (χ3n) is 2.53. The average Bonchev–Trinajstić information content (AvgIpc) is 2.39. The van der Waals surface area contributed by atoms with Crippen LogP contribution in [0.25, 0.3) is 0 Å². The van der Waals surface area contributed by atoms with Gasteiger partial charge in [0.25, 0.3) is 0 Å². The molecule has 0 atom stereocenters. The zero-order chi connectivity index (χ0) is 13.2. The lowest BCUT2D eigenvalue weighted by Gasteiger charge is -2.08. The van der Waals surface area contributed by atoms with Gasteiger partial charge in [0.15, 0.2) is 0 Å². The van der Waals surface area contributed by atoms with Crippen molar-refractivity contribution >= 4 is 25.8 Å². The predicted molar refractivity (Wildman–Crippen MR) is 70.9 cm³/mol. The molecule has 0 aliphatic rings. The van der Waals surface area contributed by atoms with Gasteiger partial charge in [0, 0.05) is 5.33 Å². The number of halogens is 2. The van der Waals surface area contributed by atoms with E-state index in [9.17, 15) is 12.8 Å². The lowest BCUT2D eigenvalue weighted by Crippen LogP contribution is -2.04. The molecule has 2 rings (SSSR count). The van der Waals surface area contributed by atoms with Crippen LogP contribution in [0.2, 0.25) is 0 Å². The van der Waals surface area contributed by atoms with E-state index >= 15 is 0 Å². The molecule has 2 aromatic carbocycles. The Kier molecular flexibility index (Phi) is 3.82. The molecule has 0 aliphatic carbocycles. The molecule has 2 aromatic rings. The normalized spacial score (nSPS) is 11.4. The van der Waals surface area contributed by atoms with E-state index in [4.69, 9.17) is 0 Å². The summed E-state index contributed by atoms with van der Waals surface area (Å²) in [5, 5.41) is 0.448. The van der Waals surface area contributed by atoms with Gasteiger partial charge in [0.2, 0.25) is 9.84 Å². The van der Waals surface area contributed by atoms with Crippen molar-refractivity contribution in [3.8, 4) is 0 Å². The monoisotopic (exact) mass is 328 g/mol. The maximum absolute atomic E-state index is 12.8. The molecule has 2 nitrogen and oxygen atoms in total. The first-order valence-electron chi connectivity index (χ1n) is 5.20. The van der Waals surface area contributed by atoms with E-state index in [1.807, 2.05) is 0 Å². The summed E-state index contributed by atoms with van der Waals surface area (Å²) in [6.45, 7) is 0. The molecular weight excluding hydrogens is 319 g/mol. The fraction of sp³-hybridized carbons (Fsp3) is 0.0769. The Bertz CT molecular complexity index is 651. The highest BCUT2D eigenvalue weighted by molar-refractivity contribution is 9.08. The highest BCUT2D eigenvalue weighted by Crippen LogP contribution is 2.25. The molecule has 18 heavy (non-hydrogen) atoms. The van der Waals surface area contributed by atoms with Crippen LogP contribution >= 0.6 is 15.9 Å². The second-order valence-electron chi connectivity index (χ2n) is 3.70. The van der Waals surface area contributed by atoms with Crippen LogP contribution in [0.15, 0.2) is 58.3 Å². The van der Waals surface area contributed by atoms with Crippen LogP contribution in [0.3, 0.4) is 0 Å². The highest BCUT2D eigenvalue weighted by Gasteiger charge is 2.20. The van der Waals surface area contributed by atoms with Gasteiger partial charge in [0.1, 0.15) is 5.82 Å². The molecule has 0 N–H and O–H groups in total. The third kappa shape index (κ3) is 2.47. The summed E-state index contributed by atoms with van der Waals surface area (Å²) in [4.78, 5) is 0.339. The molecule has 0 radical (unpaired) electrons. The van der Waals surface area contributed by atoms with Gasteiger partial charge >= 0.3 is 0 Å². The van der Waals surface area contributed by atoms with Gasteiger partial charge in [-0.15, -0.1) is 0 Å². The molecule has 5 heteroatoms. The predicted octanol–water partition coefficient (Wildman–Crippen LogP) is 3.55. The van der Waals surface area contributed by atoms with Gasteiger partial charge < -0.3 is 0 Å². The third-order valence-corrected chi connectivity index (χ3v) is 5.00. The van der Waals surface area contributed by atoms with Crippen LogP contribution < -0.4 is 0 Å². The van der Waals surface area contributed by atoms with Crippen LogP contribution in [0, 0.1) is 5.82 Å². The van der Waals surface area contributed by atoms with Gasteiger partial charge in [-0.1, -0.05) is 34.1 Å². The summed E-state index contributed by atoms with van der Waals surface area (Å²) in [5.74, 6) is -0.456. The quantitative estimate of drug-likeness (QED) is 0.637. The van der Waals surface area contributed by atoms with Crippen LogP contribution in [0.1, 0.15) is 5.56 Å². The summed E-state index contributed by atoms with van der Waals surface area (Å²) >= 11 is 3.26. The zero-order valence-corrected chi connectivity index (χ0v) is 11.7. The van der Waals surface area contributed by atoms with E-state index in [0.717, 1.165) is 12.1 Å². The maximum Gasteiger partial charge on any atom is 0.206 e. The van der Waals surface area contributed by atoms with E-state index in [1.165, 1.54) is 12.1 Å². The molecule has 0 amide bonds. The van der Waals surface area contributed by atoms with Crippen molar-refractivity contribution in [1.29, 1.82) is 0 Å². The van der Waals surface area contributed by atoms with Gasteiger partial charge in [-0.25, -0.2) is 12.8 Å². The van der Waals surface area contributed by atoms with Gasteiger partial charge in [-0.3, -0.25) is 0 Å². The number of alkyl halides is 1. The molecule has 0 aliphatic heterocycles. The van der Waals surface area contributed by atoms with Crippen LogP contribution in [0.4, 0.5) is 4.39 Å². The Morgan fingerprint density at radius 3 is 2.22 bits per heavy atom. The van der Waals surface area contributed by atoms with Crippen molar-refractivity contribution in [3.05, 3.63) is 59.9 Å². The van der Waals surface area contributed by atoms with E-state index < -0.39 is 15.7 Å². The minimum Gasteiger partial charge on any atom is -0.219 e. The van der Waals surface area contributed by atoms with E-state index in [0.29, 0.717) is 10.9 Å². The highest BCUT2D eigenvalue weighted by atomic mass is 79.9. The smallest absolute Gasteiger partial charge is 0.206 e. The molecular formula is C13H10BrFO2S. The minimum atomic E-state index is -3.60. The average molecular weight is 329 g/mol. The Hall–Kier alpha value is -1.20. The fourth-order valence-corrected chi connectivity index (χ4v) is 3.78. The molecule has 0 fully saturated rings. The van der Waals surface area contributed by atoms with E-state index in [-0.39, 0.29) is 9.79 Å². The van der Waals surface area contributed by atoms with Gasteiger partial charge in [-0.2, -0.15) is 0 Å². The molecule has 0 heterocycles. The van der Waals surface area contributed by atoms with E-state index in [2.05, 4.69) is 15.9 Å². The Morgan fingerprint density at radius 1 is 1.00 bits per heavy atom. The maximum atomic E-state index is 12.8. The van der Waals surface area contributed by atoms with Crippen LogP contribution in [0.5, 0.6) is 0 Å². The molecule has 0 saturated carbocycles. The van der Waals surface area contributed by atoms with Crippen molar-refractivity contribution in [2.24, 2.45) is 0 Å². The molecule has 0 saturated heterocycles. The Labute approximate surface area is 114 Å². The first-order valence-corrected chi connectivity index (χ1v) is 7.80. The first-order chi connectivity index (χ1) is 8.55. The lowest BCUT2D eigenvalue weighted by molar-refractivity contribution is 0.594. The molecule has 0 aromatic heterocycles. The number of benzene rings is 2. The first kappa shape index (κ1) is 13.2. The topological polar surface area (TPSA) is 34.1 Å². The Balaban J connectivity index is 2.58. The standard InChI is InChI=1S/C13H10BrFO2S/c14-9-10-3-1-2-4-13(10)18(16,17)12-7-5-11(15)6-8-12/h1-8H,9H2. The van der Waals surface area contributed by atoms with Crippen LogP contribution in [-0.2, 0) is 15.2 Å². The molecule has 94 valence electrons. The zero-order valence-electron chi connectivity index (χ0n) is 9.31.